The van der Waals surface area contributed by atoms with Crippen molar-refractivity contribution in [2.45, 2.75) is 38.8 Å². The molecule has 1 atom stereocenters. The van der Waals surface area contributed by atoms with Crippen molar-refractivity contribution in [2.75, 3.05) is 14.1 Å². The molecule has 0 amide bonds. The maximum Gasteiger partial charge on any atom is 0.0492 e. The van der Waals surface area contributed by atoms with Crippen LogP contribution in [0.4, 0.5) is 0 Å². The van der Waals surface area contributed by atoms with Gasteiger partial charge in [0.2, 0.25) is 0 Å². The van der Waals surface area contributed by atoms with Gasteiger partial charge in [-0.05, 0) is 43.0 Å². The van der Waals surface area contributed by atoms with Crippen LogP contribution in [-0.2, 0) is 13.0 Å². The van der Waals surface area contributed by atoms with Gasteiger partial charge in [-0.2, -0.15) is 0 Å². The molecule has 1 N–H and O–H groups in total. The molecule has 0 radical (unpaired) electrons. The number of nitrogens with zero attached hydrogens (tertiary/aromatic N) is 1. The van der Waals surface area contributed by atoms with Gasteiger partial charge >= 0.3 is 0 Å². The number of allylic oxidation sites excluding steroid dienone is 1. The van der Waals surface area contributed by atoms with E-state index in [1.807, 2.05) is 19.2 Å². The fourth-order valence-electron chi connectivity index (χ4n) is 2.70. The predicted octanol–water partition coefficient (Wildman–Crippen LogP) is 4.39. The van der Waals surface area contributed by atoms with Crippen LogP contribution in [-0.4, -0.2) is 25.0 Å². The molecule has 0 aliphatic heterocycles. The molecule has 0 saturated heterocycles. The molecule has 0 aliphatic carbocycles. The van der Waals surface area contributed by atoms with Crippen LogP contribution in [0.3, 0.4) is 0 Å². The fraction of sp³-hybridized carbons (Fsp3) is 0.400. The molecule has 0 aromatic heterocycles. The number of likely N-dealkylation sites (N-methyl/N-ethyl adjacent to an activating group) is 2. The van der Waals surface area contributed by atoms with Crippen LogP contribution < -0.4 is 5.32 Å². The molecule has 1 aromatic rings. The molecule has 1 rings (SSSR count). The summed E-state index contributed by atoms with van der Waals surface area (Å²) in [6, 6.07) is 6.94. The van der Waals surface area contributed by atoms with Crippen molar-refractivity contribution < 1.29 is 0 Å². The van der Waals surface area contributed by atoms with Crippen LogP contribution in [0.2, 0.25) is 0 Å². The van der Waals surface area contributed by atoms with E-state index in [1.165, 1.54) is 16.7 Å². The van der Waals surface area contributed by atoms with E-state index in [1.54, 1.807) is 0 Å². The third kappa shape index (κ3) is 4.88. The molecule has 0 bridgehead atoms. The van der Waals surface area contributed by atoms with E-state index < -0.39 is 0 Å². The average molecular weight is 298 g/mol. The molecule has 0 heterocycles. The Morgan fingerprint density at radius 2 is 2.09 bits per heavy atom. The highest BCUT2D eigenvalue weighted by molar-refractivity contribution is 5.53. The summed E-state index contributed by atoms with van der Waals surface area (Å²) in [5.74, 6) is 0. The summed E-state index contributed by atoms with van der Waals surface area (Å²) in [6.07, 6.45) is 6.97. The summed E-state index contributed by atoms with van der Waals surface area (Å²) in [5, 5.41) is 3.20. The first-order valence-electron chi connectivity index (χ1n) is 7.99. The first-order chi connectivity index (χ1) is 10.6. The van der Waals surface area contributed by atoms with Crippen LogP contribution in [0.1, 0.15) is 36.5 Å². The third-order valence-corrected chi connectivity index (χ3v) is 4.15. The van der Waals surface area contributed by atoms with E-state index in [2.05, 4.69) is 62.1 Å². The molecule has 0 fully saturated rings. The van der Waals surface area contributed by atoms with Gasteiger partial charge in [0.1, 0.15) is 0 Å². The van der Waals surface area contributed by atoms with E-state index in [-0.39, 0.29) is 0 Å². The standard InChI is InChI=1S/C20H30N2/c1-7-10-11-20(16(4)21-5)22(6)15-19-14-17(8-2)12-13-18(19)9-3/h7,9,12-14,20-21H,1,3-4,8,10-11,15H2,2,5-6H3. The number of nitrogens with one attached hydrogen (secondary N) is 1. The van der Waals surface area contributed by atoms with Crippen molar-refractivity contribution in [1.29, 1.82) is 0 Å². The van der Waals surface area contributed by atoms with Crippen molar-refractivity contribution in [3.05, 3.63) is 66.4 Å². The topological polar surface area (TPSA) is 15.3 Å². The Kier molecular flexibility index (Phi) is 7.69. The molecule has 0 aliphatic rings. The molecular formula is C20H30N2. The Labute approximate surface area is 136 Å². The second-order valence-corrected chi connectivity index (χ2v) is 5.66. The quantitative estimate of drug-likeness (QED) is 0.644. The Morgan fingerprint density at radius 3 is 2.64 bits per heavy atom. The van der Waals surface area contributed by atoms with Crippen molar-refractivity contribution in [1.82, 2.24) is 10.2 Å². The fourth-order valence-corrected chi connectivity index (χ4v) is 2.70. The molecule has 1 aromatic carbocycles. The summed E-state index contributed by atoms with van der Waals surface area (Å²) in [6.45, 7) is 15.0. The maximum absolute atomic E-state index is 4.16. The number of benzene rings is 1. The van der Waals surface area contributed by atoms with Gasteiger partial charge in [-0.3, -0.25) is 4.90 Å². The minimum Gasteiger partial charge on any atom is -0.391 e. The SMILES string of the molecule is C=CCCC(C(=C)NC)N(C)Cc1cc(CC)ccc1C=C. The van der Waals surface area contributed by atoms with Crippen LogP contribution in [0, 0.1) is 0 Å². The van der Waals surface area contributed by atoms with Crippen LogP contribution in [0.15, 0.2) is 49.7 Å². The monoisotopic (exact) mass is 298 g/mol. The van der Waals surface area contributed by atoms with Gasteiger partial charge in [0.15, 0.2) is 0 Å². The average Bonchev–Trinajstić information content (AvgIpc) is 2.54. The van der Waals surface area contributed by atoms with E-state index >= 15 is 0 Å². The molecule has 22 heavy (non-hydrogen) atoms. The van der Waals surface area contributed by atoms with E-state index in [0.717, 1.165) is 31.5 Å². The van der Waals surface area contributed by atoms with E-state index in [0.29, 0.717) is 6.04 Å². The Balaban J connectivity index is 2.96. The summed E-state index contributed by atoms with van der Waals surface area (Å²) in [4.78, 5) is 2.35. The summed E-state index contributed by atoms with van der Waals surface area (Å²) < 4.78 is 0. The van der Waals surface area contributed by atoms with Crippen LogP contribution in [0.25, 0.3) is 6.08 Å². The summed E-state index contributed by atoms with van der Waals surface area (Å²) in [7, 11) is 4.09. The Hall–Kier alpha value is -1.80. The zero-order chi connectivity index (χ0) is 16.5. The molecular weight excluding hydrogens is 268 g/mol. The molecule has 2 heteroatoms. The van der Waals surface area contributed by atoms with Gasteiger partial charge in [0.05, 0.1) is 0 Å². The first kappa shape index (κ1) is 18.2. The van der Waals surface area contributed by atoms with E-state index in [9.17, 15) is 0 Å². The molecule has 0 saturated carbocycles. The van der Waals surface area contributed by atoms with E-state index in [4.69, 9.17) is 0 Å². The lowest BCUT2D eigenvalue weighted by Gasteiger charge is -2.30. The predicted molar refractivity (Wildman–Crippen MR) is 98.8 cm³/mol. The van der Waals surface area contributed by atoms with Gasteiger partial charge in [0, 0.05) is 25.3 Å². The normalized spacial score (nSPS) is 12.0. The van der Waals surface area contributed by atoms with Crippen molar-refractivity contribution >= 4 is 6.08 Å². The highest BCUT2D eigenvalue weighted by atomic mass is 15.1. The minimum atomic E-state index is 0.297. The van der Waals surface area contributed by atoms with Crippen molar-refractivity contribution in [3.63, 3.8) is 0 Å². The van der Waals surface area contributed by atoms with Gasteiger partial charge in [-0.1, -0.05) is 50.4 Å². The second kappa shape index (κ2) is 9.26. The number of hydrogen-bond acceptors (Lipinski definition) is 2. The highest BCUT2D eigenvalue weighted by Gasteiger charge is 2.17. The van der Waals surface area contributed by atoms with Gasteiger partial charge in [-0.15, -0.1) is 6.58 Å². The van der Waals surface area contributed by atoms with Crippen molar-refractivity contribution in [2.24, 2.45) is 0 Å². The Bertz CT molecular complexity index is 516. The second-order valence-electron chi connectivity index (χ2n) is 5.66. The van der Waals surface area contributed by atoms with Gasteiger partial charge < -0.3 is 5.32 Å². The lowest BCUT2D eigenvalue weighted by Crippen LogP contribution is -2.36. The first-order valence-corrected chi connectivity index (χ1v) is 7.99. The molecule has 120 valence electrons. The third-order valence-electron chi connectivity index (χ3n) is 4.15. The summed E-state index contributed by atoms with van der Waals surface area (Å²) >= 11 is 0. The van der Waals surface area contributed by atoms with Gasteiger partial charge in [0.25, 0.3) is 0 Å². The summed E-state index contributed by atoms with van der Waals surface area (Å²) in [5.41, 5.74) is 4.95. The lowest BCUT2D eigenvalue weighted by atomic mass is 10.0. The highest BCUT2D eigenvalue weighted by Crippen LogP contribution is 2.20. The Morgan fingerprint density at radius 1 is 1.36 bits per heavy atom. The minimum absolute atomic E-state index is 0.297. The van der Waals surface area contributed by atoms with Crippen molar-refractivity contribution in [3.8, 4) is 0 Å². The zero-order valence-corrected chi connectivity index (χ0v) is 14.4. The largest absolute Gasteiger partial charge is 0.391 e. The maximum atomic E-state index is 4.16. The molecule has 1 unspecified atom stereocenters. The molecule has 0 spiro atoms. The number of rotatable bonds is 10. The molecule has 2 nitrogen and oxygen atoms in total. The van der Waals surface area contributed by atoms with Gasteiger partial charge in [-0.25, -0.2) is 0 Å². The number of hydrogen-bond donors (Lipinski definition) is 1. The van der Waals surface area contributed by atoms with Crippen LogP contribution in [0.5, 0.6) is 0 Å². The smallest absolute Gasteiger partial charge is 0.0492 e. The van der Waals surface area contributed by atoms with Crippen LogP contribution >= 0.6 is 0 Å². The zero-order valence-electron chi connectivity index (χ0n) is 14.4. The number of aryl methyl sites for hydroxylation is 1. The lowest BCUT2D eigenvalue weighted by molar-refractivity contribution is 0.246.